The van der Waals surface area contributed by atoms with Gasteiger partial charge in [0, 0.05) is 0 Å². The van der Waals surface area contributed by atoms with Crippen LogP contribution >= 0.6 is 0 Å². The first-order valence-electron chi connectivity index (χ1n) is 4.40. The summed E-state index contributed by atoms with van der Waals surface area (Å²) in [6.45, 7) is 10.00. The Hall–Kier alpha value is -0.300. The van der Waals surface area contributed by atoms with Crippen LogP contribution in [0.15, 0.2) is 12.2 Å². The first-order chi connectivity index (χ1) is 5.07. The lowest BCUT2D eigenvalue weighted by Gasteiger charge is -2.16. The van der Waals surface area contributed by atoms with Crippen molar-refractivity contribution in [1.29, 1.82) is 0 Å². The molecule has 66 valence electrons. The molecule has 1 heteroatoms. The van der Waals surface area contributed by atoms with Gasteiger partial charge < -0.3 is 5.11 Å². The van der Waals surface area contributed by atoms with Crippen molar-refractivity contribution in [3.8, 4) is 0 Å². The van der Waals surface area contributed by atoms with Crippen LogP contribution in [-0.4, -0.2) is 11.2 Å². The van der Waals surface area contributed by atoms with E-state index < -0.39 is 0 Å². The van der Waals surface area contributed by atoms with Crippen LogP contribution in [0.5, 0.6) is 0 Å². The zero-order valence-corrected chi connectivity index (χ0v) is 7.93. The lowest BCUT2D eigenvalue weighted by Crippen LogP contribution is -2.16. The molecular weight excluding hydrogens is 136 g/mol. The van der Waals surface area contributed by atoms with Gasteiger partial charge >= 0.3 is 0 Å². The Morgan fingerprint density at radius 2 is 2.09 bits per heavy atom. The molecular formula is C10H20O. The predicted molar refractivity (Wildman–Crippen MR) is 49.5 cm³/mol. The predicted octanol–water partition coefficient (Wildman–Crippen LogP) is 2.75. The maximum Gasteiger partial charge on any atom is 0.0568 e. The van der Waals surface area contributed by atoms with Crippen molar-refractivity contribution in [3.63, 3.8) is 0 Å². The third-order valence-corrected chi connectivity index (χ3v) is 2.17. The number of hydrogen-bond donors (Lipinski definition) is 1. The summed E-state index contributed by atoms with van der Waals surface area (Å²) in [4.78, 5) is 0. The van der Waals surface area contributed by atoms with Crippen molar-refractivity contribution in [1.82, 2.24) is 0 Å². The average Bonchev–Trinajstić information content (AvgIpc) is 1.98. The maximum absolute atomic E-state index is 9.53. The van der Waals surface area contributed by atoms with E-state index in [9.17, 15) is 5.11 Å². The molecule has 0 aromatic rings. The Bertz CT molecular complexity index is 118. The highest BCUT2D eigenvalue weighted by Crippen LogP contribution is 2.14. The molecule has 0 aliphatic heterocycles. The van der Waals surface area contributed by atoms with Crippen LogP contribution < -0.4 is 0 Å². The highest BCUT2D eigenvalue weighted by molar-refractivity contribution is 4.88. The minimum absolute atomic E-state index is 0.142. The summed E-state index contributed by atoms with van der Waals surface area (Å²) in [5, 5.41) is 9.53. The minimum atomic E-state index is -0.142. The van der Waals surface area contributed by atoms with E-state index in [0.717, 1.165) is 24.8 Å². The number of allylic oxidation sites excluding steroid dienone is 1. The summed E-state index contributed by atoms with van der Waals surface area (Å²) in [5.74, 6) is 0.425. The van der Waals surface area contributed by atoms with Crippen molar-refractivity contribution >= 4 is 0 Å². The van der Waals surface area contributed by atoms with E-state index in [1.807, 2.05) is 6.92 Å². The fourth-order valence-electron chi connectivity index (χ4n) is 0.951. The van der Waals surface area contributed by atoms with Crippen LogP contribution in [0.3, 0.4) is 0 Å². The fourth-order valence-corrected chi connectivity index (χ4v) is 0.951. The van der Waals surface area contributed by atoms with Gasteiger partial charge in [0.2, 0.25) is 0 Å². The highest BCUT2D eigenvalue weighted by atomic mass is 16.3. The third kappa shape index (κ3) is 5.02. The van der Waals surface area contributed by atoms with E-state index in [-0.39, 0.29) is 6.10 Å². The van der Waals surface area contributed by atoms with E-state index in [1.165, 1.54) is 0 Å². The number of aliphatic hydroxyl groups excluding tert-OH is 1. The molecule has 0 aliphatic rings. The van der Waals surface area contributed by atoms with Crippen molar-refractivity contribution in [3.05, 3.63) is 12.2 Å². The molecule has 0 rings (SSSR count). The van der Waals surface area contributed by atoms with Crippen molar-refractivity contribution in [2.75, 3.05) is 0 Å². The Balaban J connectivity index is 3.51. The molecule has 0 bridgehead atoms. The van der Waals surface area contributed by atoms with Gasteiger partial charge in [-0.15, -0.1) is 6.58 Å². The van der Waals surface area contributed by atoms with Gasteiger partial charge in [-0.25, -0.2) is 0 Å². The molecule has 0 amide bonds. The van der Waals surface area contributed by atoms with E-state index >= 15 is 0 Å². The summed E-state index contributed by atoms with van der Waals surface area (Å²) in [6, 6.07) is 0. The molecule has 0 aliphatic carbocycles. The molecule has 11 heavy (non-hydrogen) atoms. The molecule has 0 aromatic carbocycles. The number of aliphatic hydroxyl groups is 1. The minimum Gasteiger partial charge on any atom is -0.393 e. The van der Waals surface area contributed by atoms with Gasteiger partial charge in [0.1, 0.15) is 0 Å². The van der Waals surface area contributed by atoms with Gasteiger partial charge in [-0.3, -0.25) is 0 Å². The lowest BCUT2D eigenvalue weighted by atomic mass is 9.97. The Morgan fingerprint density at radius 1 is 1.55 bits per heavy atom. The summed E-state index contributed by atoms with van der Waals surface area (Å²) in [5.41, 5.74) is 1.16. The Morgan fingerprint density at radius 3 is 2.45 bits per heavy atom. The quantitative estimate of drug-likeness (QED) is 0.607. The van der Waals surface area contributed by atoms with Crippen molar-refractivity contribution < 1.29 is 5.11 Å². The first-order valence-corrected chi connectivity index (χ1v) is 4.40. The van der Waals surface area contributed by atoms with E-state index in [0.29, 0.717) is 5.92 Å². The molecule has 0 unspecified atom stereocenters. The highest BCUT2D eigenvalue weighted by Gasteiger charge is 2.10. The number of rotatable bonds is 5. The molecule has 0 saturated heterocycles. The molecule has 2 atom stereocenters. The summed E-state index contributed by atoms with van der Waals surface area (Å²) >= 11 is 0. The summed E-state index contributed by atoms with van der Waals surface area (Å²) in [6.07, 6.45) is 2.73. The fraction of sp³-hybridized carbons (Fsp3) is 0.800. The zero-order valence-electron chi connectivity index (χ0n) is 7.93. The van der Waals surface area contributed by atoms with Gasteiger partial charge in [-0.05, 0) is 25.7 Å². The van der Waals surface area contributed by atoms with Gasteiger partial charge in [0.05, 0.1) is 6.10 Å². The summed E-state index contributed by atoms with van der Waals surface area (Å²) < 4.78 is 0. The monoisotopic (exact) mass is 156 g/mol. The smallest absolute Gasteiger partial charge is 0.0568 e. The van der Waals surface area contributed by atoms with Crippen LogP contribution in [-0.2, 0) is 0 Å². The van der Waals surface area contributed by atoms with Gasteiger partial charge in [-0.2, -0.15) is 0 Å². The summed E-state index contributed by atoms with van der Waals surface area (Å²) in [7, 11) is 0. The Labute approximate surface area is 70.1 Å². The van der Waals surface area contributed by atoms with Gasteiger partial charge in [0.15, 0.2) is 0 Å². The number of hydrogen-bond acceptors (Lipinski definition) is 1. The van der Waals surface area contributed by atoms with E-state index in [2.05, 4.69) is 20.4 Å². The Kier molecular flexibility index (Phi) is 5.22. The standard InChI is InChI=1S/C10H20O/c1-5-9(4)10(11)7-6-8(2)3/h9-11H,2,5-7H2,1,3-4H3/t9-,10+/m0/s1. The van der Waals surface area contributed by atoms with Crippen molar-refractivity contribution in [2.24, 2.45) is 5.92 Å². The maximum atomic E-state index is 9.53. The van der Waals surface area contributed by atoms with Crippen LogP contribution in [0.4, 0.5) is 0 Å². The van der Waals surface area contributed by atoms with Gasteiger partial charge in [-0.1, -0.05) is 25.8 Å². The average molecular weight is 156 g/mol. The van der Waals surface area contributed by atoms with Gasteiger partial charge in [0.25, 0.3) is 0 Å². The zero-order chi connectivity index (χ0) is 8.85. The van der Waals surface area contributed by atoms with Crippen LogP contribution in [0.25, 0.3) is 0 Å². The van der Waals surface area contributed by atoms with Crippen LogP contribution in [0, 0.1) is 5.92 Å². The van der Waals surface area contributed by atoms with Crippen molar-refractivity contribution in [2.45, 2.75) is 46.1 Å². The largest absolute Gasteiger partial charge is 0.393 e. The van der Waals surface area contributed by atoms with Crippen LogP contribution in [0.2, 0.25) is 0 Å². The van der Waals surface area contributed by atoms with E-state index in [4.69, 9.17) is 0 Å². The molecule has 0 heterocycles. The lowest BCUT2D eigenvalue weighted by molar-refractivity contribution is 0.106. The molecule has 0 saturated carbocycles. The molecule has 0 spiro atoms. The second-order valence-corrected chi connectivity index (χ2v) is 3.45. The molecule has 1 nitrogen and oxygen atoms in total. The molecule has 0 aromatic heterocycles. The topological polar surface area (TPSA) is 20.2 Å². The normalized spacial score (nSPS) is 16.0. The molecule has 0 fully saturated rings. The first kappa shape index (κ1) is 10.7. The molecule has 0 radical (unpaired) electrons. The second-order valence-electron chi connectivity index (χ2n) is 3.45. The third-order valence-electron chi connectivity index (χ3n) is 2.17. The van der Waals surface area contributed by atoms with Crippen LogP contribution in [0.1, 0.15) is 40.0 Å². The second kappa shape index (κ2) is 5.36. The SMILES string of the molecule is C=C(C)CC[C@@H](O)[C@@H](C)CC. The molecule has 1 N–H and O–H groups in total. The van der Waals surface area contributed by atoms with E-state index in [1.54, 1.807) is 0 Å².